The fourth-order valence-corrected chi connectivity index (χ4v) is 2.69. The van der Waals surface area contributed by atoms with Crippen molar-refractivity contribution in [3.8, 4) is 0 Å². The number of amides is 2. The Bertz CT molecular complexity index is 307. The van der Waals surface area contributed by atoms with E-state index in [1.54, 1.807) is 0 Å². The highest BCUT2D eigenvalue weighted by atomic mass is 16.4. The van der Waals surface area contributed by atoms with E-state index in [0.717, 1.165) is 12.3 Å². The summed E-state index contributed by atoms with van der Waals surface area (Å²) in [5.41, 5.74) is 0. The molecule has 3 atom stereocenters. The van der Waals surface area contributed by atoms with Crippen molar-refractivity contribution in [2.75, 3.05) is 13.1 Å². The number of carbonyl (C=O) groups excluding carboxylic acids is 1. The van der Waals surface area contributed by atoms with Crippen LogP contribution in [0.1, 0.15) is 46.0 Å². The largest absolute Gasteiger partial charge is 0.481 e. The standard InChI is InChI=1S/C14H26N2O3/c1-3-4-12(13(17)18)9-16-14(19)15-8-11-6-5-10(2)7-11/h10-12H,3-9H2,1-2H3,(H,17,18)(H2,15,16,19). The summed E-state index contributed by atoms with van der Waals surface area (Å²) in [7, 11) is 0. The van der Waals surface area contributed by atoms with Gasteiger partial charge in [0.15, 0.2) is 0 Å². The van der Waals surface area contributed by atoms with Gasteiger partial charge >= 0.3 is 12.0 Å². The van der Waals surface area contributed by atoms with Gasteiger partial charge in [0, 0.05) is 13.1 Å². The Hall–Kier alpha value is -1.26. The maximum Gasteiger partial charge on any atom is 0.314 e. The molecule has 1 saturated carbocycles. The van der Waals surface area contributed by atoms with E-state index in [1.165, 1.54) is 19.3 Å². The fourth-order valence-electron chi connectivity index (χ4n) is 2.69. The molecule has 0 radical (unpaired) electrons. The molecule has 1 aliphatic rings. The number of nitrogens with one attached hydrogen (secondary N) is 2. The summed E-state index contributed by atoms with van der Waals surface area (Å²) < 4.78 is 0. The fraction of sp³-hybridized carbons (Fsp3) is 0.857. The highest BCUT2D eigenvalue weighted by Gasteiger charge is 2.22. The third kappa shape index (κ3) is 5.94. The predicted molar refractivity (Wildman–Crippen MR) is 73.9 cm³/mol. The van der Waals surface area contributed by atoms with E-state index >= 15 is 0 Å². The van der Waals surface area contributed by atoms with E-state index in [0.29, 0.717) is 18.9 Å². The Labute approximate surface area is 115 Å². The van der Waals surface area contributed by atoms with Crippen molar-refractivity contribution in [2.24, 2.45) is 17.8 Å². The molecule has 0 aromatic carbocycles. The molecule has 1 rings (SSSR count). The van der Waals surface area contributed by atoms with Crippen molar-refractivity contribution >= 4 is 12.0 Å². The van der Waals surface area contributed by atoms with E-state index in [-0.39, 0.29) is 12.6 Å². The van der Waals surface area contributed by atoms with Gasteiger partial charge in [0.05, 0.1) is 5.92 Å². The number of urea groups is 1. The first-order valence-electron chi connectivity index (χ1n) is 7.27. The van der Waals surface area contributed by atoms with Gasteiger partial charge in [0.25, 0.3) is 0 Å². The molecule has 3 N–H and O–H groups in total. The first-order valence-corrected chi connectivity index (χ1v) is 7.27. The molecule has 0 aliphatic heterocycles. The van der Waals surface area contributed by atoms with Crippen LogP contribution in [0, 0.1) is 17.8 Å². The molecule has 110 valence electrons. The number of carboxylic acid groups (broad SMARTS) is 1. The van der Waals surface area contributed by atoms with E-state index < -0.39 is 11.9 Å². The average Bonchev–Trinajstić information content (AvgIpc) is 2.77. The van der Waals surface area contributed by atoms with Crippen molar-refractivity contribution in [2.45, 2.75) is 46.0 Å². The molecule has 3 unspecified atom stereocenters. The first-order chi connectivity index (χ1) is 9.02. The van der Waals surface area contributed by atoms with Crippen LogP contribution in [0.25, 0.3) is 0 Å². The molecule has 0 aromatic rings. The molecule has 0 spiro atoms. The smallest absolute Gasteiger partial charge is 0.314 e. The summed E-state index contributed by atoms with van der Waals surface area (Å²) in [6, 6.07) is -0.248. The van der Waals surface area contributed by atoms with Crippen LogP contribution in [0.15, 0.2) is 0 Å². The monoisotopic (exact) mass is 270 g/mol. The van der Waals surface area contributed by atoms with Gasteiger partial charge in [-0.25, -0.2) is 4.79 Å². The molecule has 19 heavy (non-hydrogen) atoms. The minimum absolute atomic E-state index is 0.204. The summed E-state index contributed by atoms with van der Waals surface area (Å²) in [5.74, 6) is 0.0106. The SMILES string of the molecule is CCCC(CNC(=O)NCC1CCC(C)C1)C(=O)O. The summed E-state index contributed by atoms with van der Waals surface area (Å²) in [5, 5.41) is 14.5. The van der Waals surface area contributed by atoms with Crippen molar-refractivity contribution in [3.63, 3.8) is 0 Å². The van der Waals surface area contributed by atoms with Gasteiger partial charge < -0.3 is 15.7 Å². The van der Waals surface area contributed by atoms with Crippen molar-refractivity contribution < 1.29 is 14.7 Å². The molecule has 0 saturated heterocycles. The summed E-state index contributed by atoms with van der Waals surface area (Å²) in [4.78, 5) is 22.5. The van der Waals surface area contributed by atoms with Gasteiger partial charge in [0.2, 0.25) is 0 Å². The van der Waals surface area contributed by atoms with Crippen LogP contribution in [0.4, 0.5) is 4.79 Å². The van der Waals surface area contributed by atoms with Crippen molar-refractivity contribution in [1.29, 1.82) is 0 Å². The lowest BCUT2D eigenvalue weighted by Gasteiger charge is -2.15. The van der Waals surface area contributed by atoms with Gasteiger partial charge in [0.1, 0.15) is 0 Å². The van der Waals surface area contributed by atoms with Gasteiger partial charge in [-0.2, -0.15) is 0 Å². The van der Waals surface area contributed by atoms with Crippen LogP contribution >= 0.6 is 0 Å². The van der Waals surface area contributed by atoms with Gasteiger partial charge in [-0.15, -0.1) is 0 Å². The van der Waals surface area contributed by atoms with Crippen LogP contribution in [0.5, 0.6) is 0 Å². The second-order valence-corrected chi connectivity index (χ2v) is 5.70. The van der Waals surface area contributed by atoms with Crippen molar-refractivity contribution in [1.82, 2.24) is 10.6 Å². The van der Waals surface area contributed by atoms with Gasteiger partial charge in [-0.05, 0) is 31.1 Å². The van der Waals surface area contributed by atoms with Crippen molar-refractivity contribution in [3.05, 3.63) is 0 Å². The normalized spacial score (nSPS) is 23.9. The molecular weight excluding hydrogens is 244 g/mol. The Kier molecular flexibility index (Phi) is 6.67. The maximum atomic E-state index is 11.6. The Balaban J connectivity index is 2.18. The molecule has 1 aliphatic carbocycles. The minimum atomic E-state index is -0.841. The van der Waals surface area contributed by atoms with Gasteiger partial charge in [-0.3, -0.25) is 4.79 Å². The molecule has 5 heteroatoms. The van der Waals surface area contributed by atoms with Crippen LogP contribution in [-0.4, -0.2) is 30.2 Å². The number of hydrogen-bond acceptors (Lipinski definition) is 2. The van der Waals surface area contributed by atoms with Crippen LogP contribution < -0.4 is 10.6 Å². The lowest BCUT2D eigenvalue weighted by Crippen LogP contribution is -2.41. The van der Waals surface area contributed by atoms with Crippen LogP contribution in [0.2, 0.25) is 0 Å². The highest BCUT2D eigenvalue weighted by molar-refractivity contribution is 5.75. The zero-order chi connectivity index (χ0) is 14.3. The molecule has 1 fully saturated rings. The molecule has 5 nitrogen and oxygen atoms in total. The van der Waals surface area contributed by atoms with Crippen LogP contribution in [0.3, 0.4) is 0 Å². The summed E-state index contributed by atoms with van der Waals surface area (Å²) >= 11 is 0. The van der Waals surface area contributed by atoms with E-state index in [9.17, 15) is 9.59 Å². The number of carboxylic acids is 1. The third-order valence-corrected chi connectivity index (χ3v) is 3.85. The second-order valence-electron chi connectivity index (χ2n) is 5.70. The Morgan fingerprint density at radius 1 is 1.32 bits per heavy atom. The molecular formula is C14H26N2O3. The number of rotatable bonds is 7. The molecule has 2 amide bonds. The van der Waals surface area contributed by atoms with Gasteiger partial charge in [-0.1, -0.05) is 26.7 Å². The molecule has 0 bridgehead atoms. The molecule has 0 heterocycles. The molecule has 0 aromatic heterocycles. The average molecular weight is 270 g/mol. The lowest BCUT2D eigenvalue weighted by atomic mass is 10.0. The quantitative estimate of drug-likeness (QED) is 0.663. The second kappa shape index (κ2) is 8.02. The maximum absolute atomic E-state index is 11.6. The lowest BCUT2D eigenvalue weighted by molar-refractivity contribution is -0.141. The van der Waals surface area contributed by atoms with E-state index in [2.05, 4.69) is 17.6 Å². The topological polar surface area (TPSA) is 78.4 Å². The van der Waals surface area contributed by atoms with E-state index in [1.807, 2.05) is 6.92 Å². The minimum Gasteiger partial charge on any atom is -0.481 e. The first kappa shape index (κ1) is 15.8. The Morgan fingerprint density at radius 2 is 2.05 bits per heavy atom. The van der Waals surface area contributed by atoms with E-state index in [4.69, 9.17) is 5.11 Å². The Morgan fingerprint density at radius 3 is 2.58 bits per heavy atom. The van der Waals surface area contributed by atoms with Crippen LogP contribution in [-0.2, 0) is 4.79 Å². The zero-order valence-electron chi connectivity index (χ0n) is 11.9. The number of hydrogen-bond donors (Lipinski definition) is 3. The number of carbonyl (C=O) groups is 2. The predicted octanol–water partition coefficient (Wildman–Crippen LogP) is 2.22. The summed E-state index contributed by atoms with van der Waals surface area (Å²) in [6.07, 6.45) is 4.99. The third-order valence-electron chi connectivity index (χ3n) is 3.85. The highest BCUT2D eigenvalue weighted by Crippen LogP contribution is 2.29. The summed E-state index contributed by atoms with van der Waals surface area (Å²) in [6.45, 7) is 5.08. The number of aliphatic carboxylic acids is 1. The zero-order valence-corrected chi connectivity index (χ0v) is 11.9.